The summed E-state index contributed by atoms with van der Waals surface area (Å²) in [4.78, 5) is 49.1. The van der Waals surface area contributed by atoms with E-state index in [4.69, 9.17) is 0 Å². The molecule has 0 radical (unpaired) electrons. The van der Waals surface area contributed by atoms with Crippen molar-refractivity contribution < 1.29 is 18.8 Å². The van der Waals surface area contributed by atoms with Crippen LogP contribution in [-0.4, -0.2) is 35.3 Å². The summed E-state index contributed by atoms with van der Waals surface area (Å²) in [5, 5.41) is 12.5. The molecular formula is C31H28FN5O3. The standard InChI is InChI=1S/C31H28FN5O3/c32-23-5-3-6-24(17-23)37(29(39)26-10-11-28(38)36(26)27-16-21(18-33)13-15-34-27)31(30(40)35-19-20-8-9-20)14-12-22-4-1-2-7-25(22)31/h1-7,13,15-17,20,26H,8-12,14,19H2,(H,35,40)/t26-,31+/m0/s1. The number of aromatic nitrogens is 1. The van der Waals surface area contributed by atoms with Gasteiger partial charge in [0.2, 0.25) is 5.91 Å². The SMILES string of the molecule is N#Cc1ccnc(N2C(=O)CC[C@H]2C(=O)N(c2cccc(F)c2)[C@]2(C(=O)NCC3CC3)CCc3ccccc32)c1. The third kappa shape index (κ3) is 4.39. The smallest absolute Gasteiger partial charge is 0.251 e. The lowest BCUT2D eigenvalue weighted by molar-refractivity contribution is -0.131. The molecule has 9 heteroatoms. The van der Waals surface area contributed by atoms with Gasteiger partial charge < -0.3 is 5.32 Å². The number of nitrogens with one attached hydrogen (secondary N) is 1. The minimum Gasteiger partial charge on any atom is -0.353 e. The number of fused-ring (bicyclic) bond motifs is 1. The molecule has 3 amide bonds. The zero-order valence-corrected chi connectivity index (χ0v) is 21.8. The van der Waals surface area contributed by atoms with Gasteiger partial charge in [-0.15, -0.1) is 0 Å². The Kier molecular flexibility index (Phi) is 6.54. The van der Waals surface area contributed by atoms with E-state index in [0.717, 1.165) is 18.4 Å². The summed E-state index contributed by atoms with van der Waals surface area (Å²) in [6.07, 6.45) is 4.69. The summed E-state index contributed by atoms with van der Waals surface area (Å²) < 4.78 is 14.7. The third-order valence-electron chi connectivity index (χ3n) is 8.13. The fraction of sp³-hybridized carbons (Fsp3) is 0.323. The van der Waals surface area contributed by atoms with Crippen LogP contribution < -0.4 is 15.1 Å². The van der Waals surface area contributed by atoms with Crippen LogP contribution in [0.5, 0.6) is 0 Å². The van der Waals surface area contributed by atoms with E-state index >= 15 is 0 Å². The minimum atomic E-state index is -1.43. The summed E-state index contributed by atoms with van der Waals surface area (Å²) >= 11 is 0. The molecule has 0 bridgehead atoms. The number of carbonyl (C=O) groups is 3. The predicted molar refractivity (Wildman–Crippen MR) is 146 cm³/mol. The maximum Gasteiger partial charge on any atom is 0.251 e. The highest BCUT2D eigenvalue weighted by molar-refractivity contribution is 6.12. The number of benzene rings is 2. The van der Waals surface area contributed by atoms with E-state index in [0.29, 0.717) is 36.4 Å². The van der Waals surface area contributed by atoms with Crippen LogP contribution in [0.3, 0.4) is 0 Å². The van der Waals surface area contributed by atoms with Crippen LogP contribution in [0.2, 0.25) is 0 Å². The van der Waals surface area contributed by atoms with Crippen LogP contribution in [0, 0.1) is 23.1 Å². The number of amides is 3. The second-order valence-corrected chi connectivity index (χ2v) is 10.7. The lowest BCUT2D eigenvalue weighted by atomic mass is 9.86. The Labute approximate surface area is 231 Å². The van der Waals surface area contributed by atoms with Gasteiger partial charge in [0, 0.05) is 24.8 Å². The molecule has 202 valence electrons. The van der Waals surface area contributed by atoms with Gasteiger partial charge >= 0.3 is 0 Å². The van der Waals surface area contributed by atoms with Gasteiger partial charge in [-0.2, -0.15) is 5.26 Å². The molecule has 2 aromatic carbocycles. The molecule has 1 aromatic heterocycles. The Morgan fingerprint density at radius 1 is 1.10 bits per heavy atom. The molecule has 1 saturated carbocycles. The summed E-state index contributed by atoms with van der Waals surface area (Å²) in [5.41, 5.74) is 0.748. The number of rotatable bonds is 7. The maximum absolute atomic E-state index is 14.7. The van der Waals surface area contributed by atoms with E-state index in [1.807, 2.05) is 30.3 Å². The van der Waals surface area contributed by atoms with Gasteiger partial charge in [0.15, 0.2) is 5.54 Å². The number of nitrogens with zero attached hydrogens (tertiary/aromatic N) is 4. The Morgan fingerprint density at radius 3 is 2.70 bits per heavy atom. The van der Waals surface area contributed by atoms with Crippen LogP contribution in [0.15, 0.2) is 66.9 Å². The molecule has 1 saturated heterocycles. The topological polar surface area (TPSA) is 106 Å². The van der Waals surface area contributed by atoms with Gasteiger partial charge in [0.25, 0.3) is 11.8 Å². The Balaban J connectivity index is 1.49. The number of hydrogen-bond acceptors (Lipinski definition) is 5. The van der Waals surface area contributed by atoms with Gasteiger partial charge in [-0.25, -0.2) is 9.37 Å². The van der Waals surface area contributed by atoms with Gasteiger partial charge in [-0.05, 0) is 79.5 Å². The average molecular weight is 538 g/mol. The molecule has 1 aliphatic heterocycles. The molecule has 40 heavy (non-hydrogen) atoms. The van der Waals surface area contributed by atoms with Crippen molar-refractivity contribution >= 4 is 29.2 Å². The van der Waals surface area contributed by atoms with Crippen molar-refractivity contribution in [3.8, 4) is 6.07 Å². The largest absolute Gasteiger partial charge is 0.353 e. The molecular weight excluding hydrogens is 509 g/mol. The third-order valence-corrected chi connectivity index (χ3v) is 8.13. The van der Waals surface area contributed by atoms with Crippen molar-refractivity contribution in [3.05, 3.63) is 89.4 Å². The van der Waals surface area contributed by atoms with E-state index in [9.17, 15) is 24.0 Å². The monoisotopic (exact) mass is 537 g/mol. The van der Waals surface area contributed by atoms with Gasteiger partial charge in [-0.1, -0.05) is 30.3 Å². The molecule has 8 nitrogen and oxygen atoms in total. The lowest BCUT2D eigenvalue weighted by Crippen LogP contribution is -2.61. The van der Waals surface area contributed by atoms with Crippen molar-refractivity contribution in [3.63, 3.8) is 0 Å². The Bertz CT molecular complexity index is 1550. The van der Waals surface area contributed by atoms with Crippen molar-refractivity contribution in [1.29, 1.82) is 5.26 Å². The molecule has 1 N–H and O–H groups in total. The highest BCUT2D eigenvalue weighted by Gasteiger charge is 2.55. The fourth-order valence-electron chi connectivity index (χ4n) is 5.99. The fourth-order valence-corrected chi connectivity index (χ4v) is 5.99. The van der Waals surface area contributed by atoms with E-state index in [2.05, 4.69) is 10.3 Å². The summed E-state index contributed by atoms with van der Waals surface area (Å²) in [6, 6.07) is 17.3. The molecule has 2 fully saturated rings. The summed E-state index contributed by atoms with van der Waals surface area (Å²) in [5.74, 6) is -1.06. The van der Waals surface area contributed by atoms with Crippen LogP contribution in [0.1, 0.15) is 48.8 Å². The average Bonchev–Trinajstić information content (AvgIpc) is 3.61. The highest BCUT2D eigenvalue weighted by Crippen LogP contribution is 2.46. The molecule has 3 aromatic rings. The molecule has 2 heterocycles. The first kappa shape index (κ1) is 25.7. The molecule has 2 aliphatic carbocycles. The van der Waals surface area contributed by atoms with Crippen LogP contribution in [0.25, 0.3) is 0 Å². The molecule has 0 spiro atoms. The first-order chi connectivity index (χ1) is 19.4. The number of carbonyl (C=O) groups excluding carboxylic acids is 3. The lowest BCUT2D eigenvalue weighted by Gasteiger charge is -2.43. The van der Waals surface area contributed by atoms with Crippen molar-refractivity contribution in [1.82, 2.24) is 10.3 Å². The van der Waals surface area contributed by atoms with E-state index < -0.39 is 23.3 Å². The Morgan fingerprint density at radius 2 is 1.93 bits per heavy atom. The molecule has 2 atom stereocenters. The minimum absolute atomic E-state index is 0.101. The number of aryl methyl sites for hydroxylation is 1. The Hall–Kier alpha value is -4.58. The van der Waals surface area contributed by atoms with Crippen LogP contribution >= 0.6 is 0 Å². The number of nitriles is 1. The quantitative estimate of drug-likeness (QED) is 0.491. The second-order valence-electron chi connectivity index (χ2n) is 10.7. The number of pyridine rings is 1. The molecule has 6 rings (SSSR count). The van der Waals surface area contributed by atoms with Crippen molar-refractivity contribution in [2.24, 2.45) is 5.92 Å². The highest BCUT2D eigenvalue weighted by atomic mass is 19.1. The van der Waals surface area contributed by atoms with Crippen LogP contribution in [0.4, 0.5) is 15.9 Å². The van der Waals surface area contributed by atoms with E-state index in [1.54, 1.807) is 6.07 Å². The van der Waals surface area contributed by atoms with Crippen molar-refractivity contribution in [2.45, 2.75) is 50.1 Å². The summed E-state index contributed by atoms with van der Waals surface area (Å²) in [7, 11) is 0. The zero-order chi connectivity index (χ0) is 27.9. The normalized spacial score (nSPS) is 21.6. The summed E-state index contributed by atoms with van der Waals surface area (Å²) in [6.45, 7) is 0.507. The number of hydrogen-bond donors (Lipinski definition) is 1. The maximum atomic E-state index is 14.7. The van der Waals surface area contributed by atoms with Gasteiger partial charge in [-0.3, -0.25) is 24.2 Å². The van der Waals surface area contributed by atoms with E-state index in [-0.39, 0.29) is 36.2 Å². The van der Waals surface area contributed by atoms with Crippen LogP contribution in [-0.2, 0) is 26.3 Å². The zero-order valence-electron chi connectivity index (χ0n) is 21.8. The van der Waals surface area contributed by atoms with Gasteiger partial charge in [0.05, 0.1) is 11.6 Å². The molecule has 0 unspecified atom stereocenters. The first-order valence-corrected chi connectivity index (χ1v) is 13.6. The molecule has 3 aliphatic rings. The number of anilines is 2. The van der Waals surface area contributed by atoms with E-state index in [1.165, 1.54) is 46.3 Å². The van der Waals surface area contributed by atoms with Crippen molar-refractivity contribution in [2.75, 3.05) is 16.3 Å². The predicted octanol–water partition coefficient (Wildman–Crippen LogP) is 3.99. The van der Waals surface area contributed by atoms with Gasteiger partial charge in [0.1, 0.15) is 17.7 Å². The number of halogens is 1. The second kappa shape index (κ2) is 10.2. The first-order valence-electron chi connectivity index (χ1n) is 13.6.